The highest BCUT2D eigenvalue weighted by Crippen LogP contribution is 2.31. The van der Waals surface area contributed by atoms with E-state index >= 15 is 0 Å². The minimum Gasteiger partial charge on any atom is -0.481 e. The zero-order chi connectivity index (χ0) is 14.1. The Hall–Kier alpha value is -1.36. The predicted molar refractivity (Wildman–Crippen MR) is 77.2 cm³/mol. The van der Waals surface area contributed by atoms with E-state index in [9.17, 15) is 9.59 Å². The van der Waals surface area contributed by atoms with Gasteiger partial charge in [0, 0.05) is 18.0 Å². The Kier molecular flexibility index (Phi) is 3.78. The molecule has 1 saturated heterocycles. The zero-order valence-electron chi connectivity index (χ0n) is 11.4. The summed E-state index contributed by atoms with van der Waals surface area (Å²) in [5.41, 5.74) is 1.33. The summed E-state index contributed by atoms with van der Waals surface area (Å²) in [5.74, 6) is -1.16. The molecule has 108 valence electrons. The van der Waals surface area contributed by atoms with Gasteiger partial charge in [0.2, 0.25) is 0 Å². The number of carbonyl (C=O) groups excluding carboxylic acids is 1. The van der Waals surface area contributed by atoms with Crippen molar-refractivity contribution in [2.75, 3.05) is 13.1 Å². The summed E-state index contributed by atoms with van der Waals surface area (Å²) in [6, 6.07) is 2.03. The van der Waals surface area contributed by atoms with Crippen molar-refractivity contribution in [3.05, 3.63) is 21.4 Å². The Morgan fingerprint density at radius 2 is 2.05 bits per heavy atom. The van der Waals surface area contributed by atoms with Crippen molar-refractivity contribution in [3.63, 3.8) is 0 Å². The Labute approximate surface area is 122 Å². The summed E-state index contributed by atoms with van der Waals surface area (Å²) < 4.78 is 0. The van der Waals surface area contributed by atoms with Crippen molar-refractivity contribution in [1.29, 1.82) is 0 Å². The van der Waals surface area contributed by atoms with Crippen molar-refractivity contribution in [1.82, 2.24) is 4.90 Å². The van der Waals surface area contributed by atoms with Crippen LogP contribution >= 0.6 is 11.3 Å². The third-order valence-corrected chi connectivity index (χ3v) is 5.49. The smallest absolute Gasteiger partial charge is 0.308 e. The summed E-state index contributed by atoms with van der Waals surface area (Å²) in [6.45, 7) is 1.04. The molecule has 5 heteroatoms. The van der Waals surface area contributed by atoms with E-state index < -0.39 is 11.9 Å². The molecule has 1 aromatic rings. The summed E-state index contributed by atoms with van der Waals surface area (Å²) in [5, 5.41) is 9.11. The van der Waals surface area contributed by atoms with Gasteiger partial charge in [-0.1, -0.05) is 0 Å². The molecule has 0 aromatic carbocycles. The first-order valence-corrected chi connectivity index (χ1v) is 8.10. The van der Waals surface area contributed by atoms with Crippen LogP contribution in [-0.4, -0.2) is 35.0 Å². The van der Waals surface area contributed by atoms with Gasteiger partial charge in [-0.05, 0) is 50.2 Å². The van der Waals surface area contributed by atoms with Gasteiger partial charge in [0.05, 0.1) is 10.8 Å². The van der Waals surface area contributed by atoms with Crippen LogP contribution in [0, 0.1) is 5.92 Å². The van der Waals surface area contributed by atoms with Crippen LogP contribution in [-0.2, 0) is 17.6 Å². The third kappa shape index (κ3) is 2.59. The van der Waals surface area contributed by atoms with Crippen molar-refractivity contribution < 1.29 is 14.7 Å². The molecule has 2 aliphatic rings. The monoisotopic (exact) mass is 293 g/mol. The van der Waals surface area contributed by atoms with Crippen LogP contribution in [0.4, 0.5) is 0 Å². The largest absolute Gasteiger partial charge is 0.481 e. The second kappa shape index (κ2) is 5.56. The lowest BCUT2D eigenvalue weighted by Gasteiger charge is -2.30. The number of amides is 1. The Balaban J connectivity index is 1.75. The van der Waals surface area contributed by atoms with Crippen molar-refractivity contribution >= 4 is 23.2 Å². The molecule has 1 aliphatic heterocycles. The van der Waals surface area contributed by atoms with E-state index in [1.54, 1.807) is 16.2 Å². The summed E-state index contributed by atoms with van der Waals surface area (Å²) in [4.78, 5) is 27.5. The molecule has 1 atom stereocenters. The molecule has 0 bridgehead atoms. The number of nitrogens with zero attached hydrogens (tertiary/aromatic N) is 1. The number of fused-ring (bicyclic) bond motifs is 1. The van der Waals surface area contributed by atoms with Gasteiger partial charge in [-0.3, -0.25) is 9.59 Å². The molecule has 1 aliphatic carbocycles. The number of rotatable bonds is 2. The van der Waals surface area contributed by atoms with E-state index in [0.29, 0.717) is 19.5 Å². The number of carboxylic acid groups (broad SMARTS) is 1. The average molecular weight is 293 g/mol. The molecule has 4 nitrogen and oxygen atoms in total. The molecule has 0 saturated carbocycles. The predicted octanol–water partition coefficient (Wildman–Crippen LogP) is 2.56. The van der Waals surface area contributed by atoms with Crippen LogP contribution in [0.3, 0.4) is 0 Å². The molecular weight excluding hydrogens is 274 g/mol. The number of hydrogen-bond donors (Lipinski definition) is 1. The molecule has 1 aromatic heterocycles. The Bertz CT molecular complexity index is 514. The highest BCUT2D eigenvalue weighted by Gasteiger charge is 2.29. The quantitative estimate of drug-likeness (QED) is 0.911. The highest BCUT2D eigenvalue weighted by atomic mass is 32.1. The lowest BCUT2D eigenvalue weighted by Crippen LogP contribution is -2.42. The van der Waals surface area contributed by atoms with Gasteiger partial charge in [0.15, 0.2) is 0 Å². The molecule has 0 radical (unpaired) electrons. The first-order chi connectivity index (χ1) is 9.65. The minimum absolute atomic E-state index is 0.0235. The van der Waals surface area contributed by atoms with Gasteiger partial charge >= 0.3 is 5.97 Å². The van der Waals surface area contributed by atoms with E-state index in [2.05, 4.69) is 0 Å². The topological polar surface area (TPSA) is 57.6 Å². The summed E-state index contributed by atoms with van der Waals surface area (Å²) in [7, 11) is 0. The first-order valence-electron chi connectivity index (χ1n) is 7.29. The number of piperidine rings is 1. The third-order valence-electron chi connectivity index (χ3n) is 4.27. The maximum absolute atomic E-state index is 12.5. The van der Waals surface area contributed by atoms with Crippen LogP contribution < -0.4 is 0 Å². The van der Waals surface area contributed by atoms with Crippen molar-refractivity contribution in [2.24, 2.45) is 5.92 Å². The van der Waals surface area contributed by atoms with Crippen molar-refractivity contribution in [3.8, 4) is 0 Å². The molecule has 20 heavy (non-hydrogen) atoms. The average Bonchev–Trinajstić information content (AvgIpc) is 2.90. The second-order valence-electron chi connectivity index (χ2n) is 5.69. The molecule has 1 amide bonds. The molecule has 1 fully saturated rings. The molecular formula is C15H19NO3S. The Morgan fingerprint density at radius 1 is 1.25 bits per heavy atom. The number of carbonyl (C=O) groups is 2. The van der Waals surface area contributed by atoms with Gasteiger partial charge < -0.3 is 10.0 Å². The maximum Gasteiger partial charge on any atom is 0.308 e. The van der Waals surface area contributed by atoms with Gasteiger partial charge in [0.1, 0.15) is 0 Å². The van der Waals surface area contributed by atoms with Crippen LogP contribution in [0.2, 0.25) is 0 Å². The number of aryl methyl sites for hydroxylation is 2. The first kappa shape index (κ1) is 13.6. The molecule has 1 N–H and O–H groups in total. The van der Waals surface area contributed by atoms with Gasteiger partial charge in [-0.15, -0.1) is 11.3 Å². The van der Waals surface area contributed by atoms with Gasteiger partial charge in [-0.25, -0.2) is 0 Å². The van der Waals surface area contributed by atoms with E-state index in [0.717, 1.165) is 24.1 Å². The standard InChI is InChI=1S/C15H19NO3S/c17-14(16-7-3-5-11(9-16)15(18)19)13-8-10-4-1-2-6-12(10)20-13/h8,11H,1-7,9H2,(H,18,19)/t11-/m1/s1. The summed E-state index contributed by atoms with van der Waals surface area (Å²) >= 11 is 1.61. The Morgan fingerprint density at radius 3 is 2.80 bits per heavy atom. The number of likely N-dealkylation sites (tertiary alicyclic amines) is 1. The van der Waals surface area contributed by atoms with E-state index in [1.807, 2.05) is 6.07 Å². The van der Waals surface area contributed by atoms with E-state index in [-0.39, 0.29) is 5.91 Å². The lowest BCUT2D eigenvalue weighted by atomic mass is 9.97. The van der Waals surface area contributed by atoms with Gasteiger partial charge in [-0.2, -0.15) is 0 Å². The van der Waals surface area contributed by atoms with E-state index in [4.69, 9.17) is 5.11 Å². The van der Waals surface area contributed by atoms with Crippen LogP contribution in [0.5, 0.6) is 0 Å². The number of thiophene rings is 1. The van der Waals surface area contributed by atoms with Crippen LogP contribution in [0.15, 0.2) is 6.07 Å². The molecule has 0 spiro atoms. The van der Waals surface area contributed by atoms with Crippen LogP contribution in [0.1, 0.15) is 45.8 Å². The zero-order valence-corrected chi connectivity index (χ0v) is 12.2. The van der Waals surface area contributed by atoms with Crippen LogP contribution in [0.25, 0.3) is 0 Å². The second-order valence-corrected chi connectivity index (χ2v) is 6.83. The molecule has 0 unspecified atom stereocenters. The number of aliphatic carboxylic acids is 1. The maximum atomic E-state index is 12.5. The molecule has 3 rings (SSSR count). The number of hydrogen-bond acceptors (Lipinski definition) is 3. The van der Waals surface area contributed by atoms with E-state index in [1.165, 1.54) is 23.3 Å². The normalized spacial score (nSPS) is 22.4. The fraction of sp³-hybridized carbons (Fsp3) is 0.600. The number of carboxylic acids is 1. The van der Waals surface area contributed by atoms with Gasteiger partial charge in [0.25, 0.3) is 5.91 Å². The molecule has 2 heterocycles. The minimum atomic E-state index is -0.784. The summed E-state index contributed by atoms with van der Waals surface area (Å²) in [6.07, 6.45) is 6.06. The lowest BCUT2D eigenvalue weighted by molar-refractivity contribution is -0.143. The fourth-order valence-electron chi connectivity index (χ4n) is 3.12. The fourth-order valence-corrected chi connectivity index (χ4v) is 4.34. The SMILES string of the molecule is O=C(O)[C@@H]1CCCN(C(=O)c2cc3c(s2)CCCC3)C1. The highest BCUT2D eigenvalue weighted by molar-refractivity contribution is 7.14. The van der Waals surface area contributed by atoms with Crippen molar-refractivity contribution in [2.45, 2.75) is 38.5 Å².